The molecule has 0 aliphatic carbocycles. The molecule has 0 bridgehead atoms. The van der Waals surface area contributed by atoms with Crippen LogP contribution < -0.4 is 5.73 Å². The normalized spacial score (nSPS) is 21.7. The minimum Gasteiger partial charge on any atom is -0.397 e. The van der Waals surface area contributed by atoms with Gasteiger partial charge >= 0.3 is 0 Å². The summed E-state index contributed by atoms with van der Waals surface area (Å²) in [7, 11) is 1.88. The first-order valence-electron chi connectivity index (χ1n) is 8.10. The molecule has 0 saturated carbocycles. The zero-order chi connectivity index (χ0) is 14.8. The summed E-state index contributed by atoms with van der Waals surface area (Å²) in [6, 6.07) is 2.45. The van der Waals surface area contributed by atoms with Crippen molar-refractivity contribution in [1.29, 1.82) is 0 Å². The van der Waals surface area contributed by atoms with Crippen molar-refractivity contribution in [3.63, 3.8) is 0 Å². The molecule has 2 aliphatic rings. The summed E-state index contributed by atoms with van der Waals surface area (Å²) >= 11 is 0. The lowest BCUT2D eigenvalue weighted by molar-refractivity contribution is 0.0581. The van der Waals surface area contributed by atoms with E-state index in [1.54, 1.807) is 12.3 Å². The Morgan fingerprint density at radius 2 is 1.81 bits per heavy atom. The van der Waals surface area contributed by atoms with Crippen LogP contribution in [0.25, 0.3) is 0 Å². The highest BCUT2D eigenvalue weighted by atomic mass is 16.2. The summed E-state index contributed by atoms with van der Waals surface area (Å²) in [6.45, 7) is 4.22. The molecule has 1 aromatic heterocycles. The van der Waals surface area contributed by atoms with Gasteiger partial charge in [0.15, 0.2) is 0 Å². The molecule has 3 rings (SSSR count). The Labute approximate surface area is 126 Å². The largest absolute Gasteiger partial charge is 0.397 e. The minimum atomic E-state index is 0.117. The van der Waals surface area contributed by atoms with Crippen LogP contribution >= 0.6 is 0 Å². The molecule has 2 N–H and O–H groups in total. The minimum absolute atomic E-state index is 0.117. The number of piperidine rings is 2. The first kappa shape index (κ1) is 14.4. The molecule has 0 radical (unpaired) electrons. The fourth-order valence-corrected chi connectivity index (χ4v) is 3.68. The number of nitrogen functional groups attached to an aromatic ring is 1. The van der Waals surface area contributed by atoms with Crippen molar-refractivity contribution in [3.8, 4) is 0 Å². The van der Waals surface area contributed by atoms with Crippen LogP contribution in [0.5, 0.6) is 0 Å². The molecule has 2 saturated heterocycles. The first-order valence-corrected chi connectivity index (χ1v) is 8.10. The molecule has 5 nitrogen and oxygen atoms in total. The van der Waals surface area contributed by atoms with E-state index in [0.29, 0.717) is 17.4 Å². The van der Waals surface area contributed by atoms with Crippen molar-refractivity contribution in [3.05, 3.63) is 18.0 Å². The SMILES string of the molecule is Cn1cc(N)cc1C(=O)N1CCC(N2CCCCC2)CC1. The van der Waals surface area contributed by atoms with Crippen molar-refractivity contribution >= 4 is 11.6 Å². The second-order valence-electron chi connectivity index (χ2n) is 6.39. The number of nitrogens with two attached hydrogens (primary N) is 1. The monoisotopic (exact) mass is 290 g/mol. The lowest BCUT2D eigenvalue weighted by atomic mass is 10.00. The maximum atomic E-state index is 12.6. The second kappa shape index (κ2) is 6.10. The van der Waals surface area contributed by atoms with Crippen molar-refractivity contribution in [2.45, 2.75) is 38.1 Å². The fraction of sp³-hybridized carbons (Fsp3) is 0.688. The second-order valence-corrected chi connectivity index (χ2v) is 6.39. The van der Waals surface area contributed by atoms with Gasteiger partial charge in [-0.25, -0.2) is 0 Å². The van der Waals surface area contributed by atoms with Gasteiger partial charge in [-0.05, 0) is 44.8 Å². The molecule has 0 atom stereocenters. The van der Waals surface area contributed by atoms with Gasteiger partial charge in [0.2, 0.25) is 0 Å². The number of carbonyl (C=O) groups excluding carboxylic acids is 1. The Morgan fingerprint density at radius 3 is 2.38 bits per heavy atom. The van der Waals surface area contributed by atoms with Crippen LogP contribution in [-0.2, 0) is 7.05 Å². The third-order valence-electron chi connectivity index (χ3n) is 4.90. The predicted octanol–water partition coefficient (Wildman–Crippen LogP) is 1.70. The molecule has 0 unspecified atom stereocenters. The Hall–Kier alpha value is -1.49. The van der Waals surface area contributed by atoms with Crippen molar-refractivity contribution in [2.75, 3.05) is 31.9 Å². The number of aryl methyl sites for hydroxylation is 1. The number of rotatable bonds is 2. The van der Waals surface area contributed by atoms with Crippen LogP contribution in [-0.4, -0.2) is 52.5 Å². The molecule has 3 heterocycles. The number of hydrogen-bond acceptors (Lipinski definition) is 3. The molecule has 116 valence electrons. The number of likely N-dealkylation sites (tertiary alicyclic amines) is 2. The topological polar surface area (TPSA) is 54.5 Å². The van der Waals surface area contributed by atoms with Crippen LogP contribution in [0.2, 0.25) is 0 Å². The maximum Gasteiger partial charge on any atom is 0.270 e. The molecule has 2 fully saturated rings. The van der Waals surface area contributed by atoms with Crippen molar-refractivity contribution in [1.82, 2.24) is 14.4 Å². The first-order chi connectivity index (χ1) is 10.1. The number of amides is 1. The molecule has 5 heteroatoms. The number of anilines is 1. The number of carbonyl (C=O) groups is 1. The van der Waals surface area contributed by atoms with Gasteiger partial charge in [0.1, 0.15) is 5.69 Å². The average Bonchev–Trinajstić information content (AvgIpc) is 2.86. The van der Waals surface area contributed by atoms with Crippen LogP contribution in [0.4, 0.5) is 5.69 Å². The van der Waals surface area contributed by atoms with Crippen molar-refractivity contribution in [2.24, 2.45) is 7.05 Å². The van der Waals surface area contributed by atoms with E-state index in [0.717, 1.165) is 25.9 Å². The lowest BCUT2D eigenvalue weighted by Crippen LogP contribution is -2.48. The van der Waals surface area contributed by atoms with Crippen LogP contribution in [0.15, 0.2) is 12.3 Å². The molecular formula is C16H26N4O. The lowest BCUT2D eigenvalue weighted by Gasteiger charge is -2.40. The fourth-order valence-electron chi connectivity index (χ4n) is 3.68. The zero-order valence-corrected chi connectivity index (χ0v) is 12.9. The molecule has 1 aromatic rings. The van der Waals surface area contributed by atoms with Gasteiger partial charge in [0.05, 0.1) is 5.69 Å². The Balaban J connectivity index is 1.57. The van der Waals surface area contributed by atoms with Crippen LogP contribution in [0.1, 0.15) is 42.6 Å². The summed E-state index contributed by atoms with van der Waals surface area (Å²) in [5.41, 5.74) is 7.12. The van der Waals surface area contributed by atoms with E-state index in [1.165, 1.54) is 32.4 Å². The van der Waals surface area contributed by atoms with E-state index < -0.39 is 0 Å². The molecule has 2 aliphatic heterocycles. The molecule has 0 spiro atoms. The highest BCUT2D eigenvalue weighted by Crippen LogP contribution is 2.22. The van der Waals surface area contributed by atoms with Gasteiger partial charge in [0, 0.05) is 32.4 Å². The molecule has 21 heavy (non-hydrogen) atoms. The number of nitrogens with zero attached hydrogens (tertiary/aromatic N) is 3. The third kappa shape index (κ3) is 3.07. The third-order valence-corrected chi connectivity index (χ3v) is 4.90. The van der Waals surface area contributed by atoms with Gasteiger partial charge in [-0.1, -0.05) is 6.42 Å². The quantitative estimate of drug-likeness (QED) is 0.902. The molecule has 0 aromatic carbocycles. The summed E-state index contributed by atoms with van der Waals surface area (Å²) in [5, 5.41) is 0. The van der Waals surface area contributed by atoms with Gasteiger partial charge < -0.3 is 20.1 Å². The van der Waals surface area contributed by atoms with E-state index in [4.69, 9.17) is 5.73 Å². The Bertz CT molecular complexity index is 496. The number of hydrogen-bond donors (Lipinski definition) is 1. The Morgan fingerprint density at radius 1 is 1.14 bits per heavy atom. The van der Waals surface area contributed by atoms with E-state index in [-0.39, 0.29) is 5.91 Å². The van der Waals surface area contributed by atoms with E-state index in [9.17, 15) is 4.79 Å². The van der Waals surface area contributed by atoms with E-state index in [2.05, 4.69) is 4.90 Å². The standard InChI is InChI=1S/C16H26N4O/c1-18-12-13(17)11-15(18)16(21)20-9-5-14(6-10-20)19-7-3-2-4-8-19/h11-12,14H,2-10,17H2,1H3. The van der Waals surface area contributed by atoms with E-state index >= 15 is 0 Å². The zero-order valence-electron chi connectivity index (χ0n) is 12.9. The van der Waals surface area contributed by atoms with Crippen LogP contribution in [0, 0.1) is 0 Å². The van der Waals surface area contributed by atoms with Gasteiger partial charge in [0.25, 0.3) is 5.91 Å². The summed E-state index contributed by atoms with van der Waals surface area (Å²) < 4.78 is 1.83. The van der Waals surface area contributed by atoms with Gasteiger partial charge in [-0.2, -0.15) is 0 Å². The molecular weight excluding hydrogens is 264 g/mol. The van der Waals surface area contributed by atoms with Crippen molar-refractivity contribution < 1.29 is 4.79 Å². The predicted molar refractivity (Wildman–Crippen MR) is 84.2 cm³/mol. The maximum absolute atomic E-state index is 12.6. The van der Waals surface area contributed by atoms with E-state index in [1.807, 2.05) is 16.5 Å². The Kier molecular flexibility index (Phi) is 4.19. The van der Waals surface area contributed by atoms with Gasteiger partial charge in [-0.15, -0.1) is 0 Å². The average molecular weight is 290 g/mol. The van der Waals surface area contributed by atoms with Crippen LogP contribution in [0.3, 0.4) is 0 Å². The van der Waals surface area contributed by atoms with Gasteiger partial charge in [-0.3, -0.25) is 4.79 Å². The number of aromatic nitrogens is 1. The highest BCUT2D eigenvalue weighted by Gasteiger charge is 2.28. The highest BCUT2D eigenvalue weighted by molar-refractivity contribution is 5.93. The summed E-state index contributed by atoms with van der Waals surface area (Å²) in [4.78, 5) is 17.2. The summed E-state index contributed by atoms with van der Waals surface area (Å²) in [5.74, 6) is 0.117. The smallest absolute Gasteiger partial charge is 0.270 e. The summed E-state index contributed by atoms with van der Waals surface area (Å²) in [6.07, 6.45) is 8.05. The molecule has 1 amide bonds.